The second-order valence-electron chi connectivity index (χ2n) is 5.85. The average Bonchev–Trinajstić information content (AvgIpc) is 3.09. The molecule has 0 radical (unpaired) electrons. The summed E-state index contributed by atoms with van der Waals surface area (Å²) < 4.78 is 0. The number of hydrazine groups is 1. The van der Waals surface area contributed by atoms with Gasteiger partial charge in [-0.3, -0.25) is 5.43 Å². The monoisotopic (exact) mass is 291 g/mol. The lowest BCUT2D eigenvalue weighted by Crippen LogP contribution is -2.40. The van der Waals surface area contributed by atoms with Gasteiger partial charge in [0, 0.05) is 25.7 Å². The number of rotatable bonds is 4. The summed E-state index contributed by atoms with van der Waals surface area (Å²) in [5.41, 5.74) is 2.59. The highest BCUT2D eigenvalue weighted by Crippen LogP contribution is 2.26. The molecule has 1 aromatic rings. The summed E-state index contributed by atoms with van der Waals surface area (Å²) in [5.74, 6) is 7.53. The van der Waals surface area contributed by atoms with Crippen LogP contribution in [0.4, 0.5) is 17.8 Å². The first-order valence-electron chi connectivity index (χ1n) is 8.06. The normalized spacial score (nSPS) is 22.7. The summed E-state index contributed by atoms with van der Waals surface area (Å²) in [6.07, 6.45) is 7.23. The van der Waals surface area contributed by atoms with Gasteiger partial charge >= 0.3 is 0 Å². The highest BCUT2D eigenvalue weighted by molar-refractivity contribution is 5.46. The Morgan fingerprint density at radius 1 is 1.05 bits per heavy atom. The first-order chi connectivity index (χ1) is 10.3. The topological polar surface area (TPSA) is 83.2 Å². The minimum absolute atomic E-state index is 0.460. The Morgan fingerprint density at radius 2 is 1.76 bits per heavy atom. The smallest absolute Gasteiger partial charge is 0.243 e. The number of nitrogens with two attached hydrogens (primary N) is 1. The maximum Gasteiger partial charge on any atom is 0.243 e. The van der Waals surface area contributed by atoms with Gasteiger partial charge in [0.15, 0.2) is 0 Å². The van der Waals surface area contributed by atoms with Crippen LogP contribution in [0, 0.1) is 0 Å². The van der Waals surface area contributed by atoms with E-state index in [9.17, 15) is 0 Å². The molecule has 2 fully saturated rings. The van der Waals surface area contributed by atoms with Gasteiger partial charge in [0.25, 0.3) is 0 Å². The van der Waals surface area contributed by atoms with Crippen LogP contribution >= 0.6 is 0 Å². The SMILES string of the molecule is CCC1CCCCN1c1nc(NN)nc(N2CCCC2)n1. The van der Waals surface area contributed by atoms with Crippen LogP contribution in [0.3, 0.4) is 0 Å². The Kier molecular flexibility index (Phi) is 4.38. The lowest BCUT2D eigenvalue weighted by molar-refractivity contribution is 0.443. The van der Waals surface area contributed by atoms with E-state index in [0.29, 0.717) is 12.0 Å². The fourth-order valence-electron chi connectivity index (χ4n) is 3.29. The molecule has 21 heavy (non-hydrogen) atoms. The number of hydrogen-bond donors (Lipinski definition) is 2. The Hall–Kier alpha value is -1.63. The van der Waals surface area contributed by atoms with Crippen LogP contribution in [0.5, 0.6) is 0 Å². The molecule has 0 spiro atoms. The van der Waals surface area contributed by atoms with Crippen LogP contribution in [-0.2, 0) is 0 Å². The van der Waals surface area contributed by atoms with Crippen LogP contribution in [-0.4, -0.2) is 40.6 Å². The van der Waals surface area contributed by atoms with Crippen molar-refractivity contribution in [3.05, 3.63) is 0 Å². The van der Waals surface area contributed by atoms with Crippen LogP contribution in [0.1, 0.15) is 45.4 Å². The molecular formula is C14H25N7. The zero-order valence-electron chi connectivity index (χ0n) is 12.8. The molecule has 3 rings (SSSR count). The molecule has 1 aromatic heterocycles. The molecule has 0 saturated carbocycles. The van der Waals surface area contributed by atoms with Crippen molar-refractivity contribution < 1.29 is 0 Å². The van der Waals surface area contributed by atoms with Crippen molar-refractivity contribution >= 4 is 17.8 Å². The van der Waals surface area contributed by atoms with E-state index in [-0.39, 0.29) is 0 Å². The summed E-state index contributed by atoms with van der Waals surface area (Å²) >= 11 is 0. The number of nitrogens with zero attached hydrogens (tertiary/aromatic N) is 5. The fourth-order valence-corrected chi connectivity index (χ4v) is 3.29. The molecule has 116 valence electrons. The van der Waals surface area contributed by atoms with E-state index in [1.165, 1.54) is 32.1 Å². The van der Waals surface area contributed by atoms with Gasteiger partial charge in [-0.1, -0.05) is 6.92 Å². The zero-order valence-corrected chi connectivity index (χ0v) is 12.8. The number of nitrogen functional groups attached to an aromatic ring is 1. The molecule has 0 bridgehead atoms. The molecule has 2 saturated heterocycles. The molecule has 1 unspecified atom stereocenters. The second kappa shape index (κ2) is 6.43. The Bertz CT molecular complexity index is 472. The molecule has 0 aliphatic carbocycles. The Balaban J connectivity index is 1.90. The summed E-state index contributed by atoms with van der Waals surface area (Å²) in [6, 6.07) is 0.526. The van der Waals surface area contributed by atoms with Crippen LogP contribution < -0.4 is 21.1 Å². The van der Waals surface area contributed by atoms with Gasteiger partial charge in [-0.05, 0) is 38.5 Å². The molecule has 2 aliphatic heterocycles. The highest BCUT2D eigenvalue weighted by atomic mass is 15.4. The summed E-state index contributed by atoms with van der Waals surface area (Å²) in [5, 5.41) is 0. The molecular weight excluding hydrogens is 266 g/mol. The molecule has 3 heterocycles. The van der Waals surface area contributed by atoms with E-state index in [0.717, 1.165) is 38.0 Å². The third-order valence-corrected chi connectivity index (χ3v) is 4.49. The quantitative estimate of drug-likeness (QED) is 0.643. The maximum atomic E-state index is 5.54. The largest absolute Gasteiger partial charge is 0.341 e. The number of nitrogens with one attached hydrogen (secondary N) is 1. The van der Waals surface area contributed by atoms with Crippen molar-refractivity contribution in [3.63, 3.8) is 0 Å². The van der Waals surface area contributed by atoms with Crippen molar-refractivity contribution in [1.82, 2.24) is 15.0 Å². The van der Waals surface area contributed by atoms with E-state index >= 15 is 0 Å². The number of hydrogen-bond acceptors (Lipinski definition) is 7. The van der Waals surface area contributed by atoms with E-state index in [1.807, 2.05) is 0 Å². The molecule has 1 atom stereocenters. The summed E-state index contributed by atoms with van der Waals surface area (Å²) in [6.45, 7) is 5.29. The average molecular weight is 291 g/mol. The molecule has 0 aromatic carbocycles. The lowest BCUT2D eigenvalue weighted by Gasteiger charge is -2.35. The number of anilines is 3. The minimum Gasteiger partial charge on any atom is -0.341 e. The highest BCUT2D eigenvalue weighted by Gasteiger charge is 2.25. The van der Waals surface area contributed by atoms with Gasteiger partial charge in [-0.25, -0.2) is 5.84 Å². The zero-order chi connectivity index (χ0) is 14.7. The lowest BCUT2D eigenvalue weighted by atomic mass is 10.0. The molecule has 3 N–H and O–H groups in total. The van der Waals surface area contributed by atoms with E-state index in [2.05, 4.69) is 32.1 Å². The predicted octanol–water partition coefficient (Wildman–Crippen LogP) is 1.53. The summed E-state index contributed by atoms with van der Waals surface area (Å²) in [4.78, 5) is 18.2. The fraction of sp³-hybridized carbons (Fsp3) is 0.786. The van der Waals surface area contributed by atoms with Gasteiger partial charge in [-0.15, -0.1) is 0 Å². The first kappa shape index (κ1) is 14.3. The predicted molar refractivity (Wildman–Crippen MR) is 84.4 cm³/mol. The Labute approximate surface area is 125 Å². The van der Waals surface area contributed by atoms with Gasteiger partial charge in [0.05, 0.1) is 0 Å². The van der Waals surface area contributed by atoms with Crippen molar-refractivity contribution in [1.29, 1.82) is 0 Å². The third-order valence-electron chi connectivity index (χ3n) is 4.49. The first-order valence-corrected chi connectivity index (χ1v) is 8.06. The molecule has 0 amide bonds. The van der Waals surface area contributed by atoms with Crippen LogP contribution in [0.15, 0.2) is 0 Å². The third kappa shape index (κ3) is 3.02. The van der Waals surface area contributed by atoms with Gasteiger partial charge < -0.3 is 9.80 Å². The van der Waals surface area contributed by atoms with E-state index in [4.69, 9.17) is 10.8 Å². The van der Waals surface area contributed by atoms with Crippen molar-refractivity contribution in [2.45, 2.75) is 51.5 Å². The standard InChI is InChI=1S/C14H25N7/c1-2-11-7-3-4-10-21(11)14-17-12(19-15)16-13(18-14)20-8-5-6-9-20/h11H,2-10,15H2,1H3,(H,16,17,18,19). The van der Waals surface area contributed by atoms with Gasteiger partial charge in [0.2, 0.25) is 17.8 Å². The molecule has 7 nitrogen and oxygen atoms in total. The van der Waals surface area contributed by atoms with Crippen molar-refractivity contribution in [3.8, 4) is 0 Å². The molecule has 2 aliphatic rings. The summed E-state index contributed by atoms with van der Waals surface area (Å²) in [7, 11) is 0. The van der Waals surface area contributed by atoms with E-state index in [1.54, 1.807) is 0 Å². The minimum atomic E-state index is 0.460. The van der Waals surface area contributed by atoms with Gasteiger partial charge in [0.1, 0.15) is 0 Å². The van der Waals surface area contributed by atoms with Crippen LogP contribution in [0.2, 0.25) is 0 Å². The number of aromatic nitrogens is 3. The molecule has 7 heteroatoms. The van der Waals surface area contributed by atoms with Crippen molar-refractivity contribution in [2.75, 3.05) is 34.9 Å². The number of piperidine rings is 1. The second-order valence-corrected chi connectivity index (χ2v) is 5.85. The van der Waals surface area contributed by atoms with Gasteiger partial charge in [-0.2, -0.15) is 15.0 Å². The Morgan fingerprint density at radius 3 is 2.48 bits per heavy atom. The van der Waals surface area contributed by atoms with E-state index < -0.39 is 0 Å². The van der Waals surface area contributed by atoms with Crippen molar-refractivity contribution in [2.24, 2.45) is 5.84 Å². The maximum absolute atomic E-state index is 5.54. The van der Waals surface area contributed by atoms with Crippen LogP contribution in [0.25, 0.3) is 0 Å².